The van der Waals surface area contributed by atoms with Gasteiger partial charge in [0.2, 0.25) is 5.91 Å². The number of hydrogen-bond donors (Lipinski definition) is 2. The molecule has 2 aromatic carbocycles. The highest BCUT2D eigenvalue weighted by atomic mass is 16.5. The summed E-state index contributed by atoms with van der Waals surface area (Å²) in [5.74, 6) is 2.16. The molecule has 30 heavy (non-hydrogen) atoms. The number of guanidine groups is 1. The van der Waals surface area contributed by atoms with Crippen LogP contribution in [0.15, 0.2) is 47.5 Å². The number of carbonyl (C=O) groups excluding carboxylic acids is 1. The molecule has 0 spiro atoms. The molecule has 7 nitrogen and oxygen atoms in total. The number of methoxy groups -OCH3 is 2. The first-order valence-electron chi connectivity index (χ1n) is 10.2. The van der Waals surface area contributed by atoms with Crippen LogP contribution in [0.3, 0.4) is 0 Å². The predicted octanol–water partition coefficient (Wildman–Crippen LogP) is 3.06. The Labute approximate surface area is 178 Å². The van der Waals surface area contributed by atoms with Gasteiger partial charge in [0.05, 0.1) is 14.2 Å². The van der Waals surface area contributed by atoms with Gasteiger partial charge in [-0.1, -0.05) is 24.3 Å². The average Bonchev–Trinajstić information content (AvgIpc) is 2.80. The number of fused-ring (bicyclic) bond motifs is 1. The van der Waals surface area contributed by atoms with Crippen molar-refractivity contribution in [3.05, 3.63) is 53.6 Å². The lowest BCUT2D eigenvalue weighted by Gasteiger charge is -2.29. The van der Waals surface area contributed by atoms with E-state index in [1.807, 2.05) is 29.2 Å². The van der Waals surface area contributed by atoms with E-state index >= 15 is 0 Å². The van der Waals surface area contributed by atoms with E-state index in [1.165, 1.54) is 11.1 Å². The van der Waals surface area contributed by atoms with Crippen LogP contribution in [-0.2, 0) is 17.8 Å². The third-order valence-electron chi connectivity index (χ3n) is 5.21. The van der Waals surface area contributed by atoms with Gasteiger partial charge in [0.1, 0.15) is 0 Å². The van der Waals surface area contributed by atoms with E-state index in [0.717, 1.165) is 25.1 Å². The number of carbonyl (C=O) groups is 1. The molecular formula is C23H30N4O3. The molecule has 0 fully saturated rings. The van der Waals surface area contributed by atoms with E-state index in [2.05, 4.69) is 33.8 Å². The molecule has 7 heteroatoms. The minimum absolute atomic E-state index is 0.203. The van der Waals surface area contributed by atoms with Gasteiger partial charge in [-0.2, -0.15) is 0 Å². The van der Waals surface area contributed by atoms with Crippen molar-refractivity contribution in [2.75, 3.05) is 39.7 Å². The van der Waals surface area contributed by atoms with Gasteiger partial charge in [-0.05, 0) is 36.1 Å². The topological polar surface area (TPSA) is 75.2 Å². The summed E-state index contributed by atoms with van der Waals surface area (Å²) < 4.78 is 10.6. The van der Waals surface area contributed by atoms with Gasteiger partial charge >= 0.3 is 0 Å². The lowest BCUT2D eigenvalue weighted by Crippen LogP contribution is -2.36. The third kappa shape index (κ3) is 5.43. The summed E-state index contributed by atoms with van der Waals surface area (Å²) in [6, 6.07) is 13.9. The van der Waals surface area contributed by atoms with Gasteiger partial charge in [-0.15, -0.1) is 0 Å². The number of ether oxygens (including phenoxy) is 2. The molecule has 0 aliphatic carbocycles. The fourth-order valence-electron chi connectivity index (χ4n) is 3.54. The molecule has 3 rings (SSSR count). The summed E-state index contributed by atoms with van der Waals surface area (Å²) in [7, 11) is 4.93. The highest BCUT2D eigenvalue weighted by Gasteiger charge is 2.19. The fraction of sp³-hybridized carbons (Fsp3) is 0.391. The molecule has 1 aliphatic rings. The minimum atomic E-state index is 0.203. The largest absolute Gasteiger partial charge is 0.493 e. The Bertz CT molecular complexity index is 898. The van der Waals surface area contributed by atoms with Crippen LogP contribution < -0.4 is 20.1 Å². The van der Waals surface area contributed by atoms with Gasteiger partial charge in [0.25, 0.3) is 0 Å². The van der Waals surface area contributed by atoms with Crippen molar-refractivity contribution < 1.29 is 14.3 Å². The summed E-state index contributed by atoms with van der Waals surface area (Å²) in [6.07, 6.45) is 2.19. The maximum Gasteiger partial charge on any atom is 0.222 e. The Morgan fingerprint density at radius 2 is 1.87 bits per heavy atom. The van der Waals surface area contributed by atoms with E-state index < -0.39 is 0 Å². The first-order valence-corrected chi connectivity index (χ1v) is 10.2. The zero-order valence-corrected chi connectivity index (χ0v) is 17.9. The first-order chi connectivity index (χ1) is 14.6. The van der Waals surface area contributed by atoms with E-state index in [9.17, 15) is 4.79 Å². The summed E-state index contributed by atoms with van der Waals surface area (Å²) in [6.45, 7) is 2.17. The lowest BCUT2D eigenvalue weighted by atomic mass is 9.99. The number of anilines is 1. The number of amides is 1. The Hall–Kier alpha value is -3.22. The second-order valence-electron chi connectivity index (χ2n) is 7.13. The summed E-state index contributed by atoms with van der Waals surface area (Å²) in [4.78, 5) is 18.8. The molecule has 0 aromatic heterocycles. The number of nitrogens with one attached hydrogen (secondary N) is 2. The van der Waals surface area contributed by atoms with Crippen LogP contribution in [0.5, 0.6) is 11.5 Å². The summed E-state index contributed by atoms with van der Waals surface area (Å²) >= 11 is 0. The summed E-state index contributed by atoms with van der Waals surface area (Å²) in [5.41, 5.74) is 3.45. The second kappa shape index (κ2) is 10.5. The smallest absolute Gasteiger partial charge is 0.222 e. The van der Waals surface area contributed by atoms with Crippen molar-refractivity contribution in [3.8, 4) is 11.5 Å². The highest BCUT2D eigenvalue weighted by Crippen LogP contribution is 2.29. The van der Waals surface area contributed by atoms with Gasteiger partial charge in [0, 0.05) is 44.9 Å². The number of aliphatic imine (C=N–C) groups is 1. The molecular weight excluding hydrogens is 380 g/mol. The molecule has 0 bridgehead atoms. The monoisotopic (exact) mass is 410 g/mol. The van der Waals surface area contributed by atoms with Crippen LogP contribution in [0, 0.1) is 0 Å². The zero-order valence-electron chi connectivity index (χ0n) is 17.9. The third-order valence-corrected chi connectivity index (χ3v) is 5.21. The van der Waals surface area contributed by atoms with E-state index in [4.69, 9.17) is 9.47 Å². The van der Waals surface area contributed by atoms with Crippen LogP contribution in [0.4, 0.5) is 5.69 Å². The van der Waals surface area contributed by atoms with Gasteiger partial charge in [0.15, 0.2) is 17.5 Å². The Kier molecular flexibility index (Phi) is 7.54. The van der Waals surface area contributed by atoms with Crippen molar-refractivity contribution in [2.45, 2.75) is 25.8 Å². The van der Waals surface area contributed by atoms with Crippen molar-refractivity contribution in [2.24, 2.45) is 4.99 Å². The van der Waals surface area contributed by atoms with Crippen LogP contribution >= 0.6 is 0 Å². The van der Waals surface area contributed by atoms with Crippen LogP contribution in [-0.4, -0.2) is 51.1 Å². The van der Waals surface area contributed by atoms with Crippen LogP contribution in [0.1, 0.15) is 24.0 Å². The average molecular weight is 411 g/mol. The van der Waals surface area contributed by atoms with E-state index in [-0.39, 0.29) is 5.91 Å². The Balaban J connectivity index is 1.43. The molecule has 1 heterocycles. The number of nitrogens with zero attached hydrogens (tertiary/aromatic N) is 2. The molecule has 160 valence electrons. The molecule has 0 radical (unpaired) electrons. The van der Waals surface area contributed by atoms with Gasteiger partial charge in [-0.3, -0.25) is 9.79 Å². The predicted molar refractivity (Wildman–Crippen MR) is 119 cm³/mol. The minimum Gasteiger partial charge on any atom is -0.493 e. The number of rotatable bonds is 7. The van der Waals surface area contributed by atoms with Crippen molar-refractivity contribution >= 4 is 17.6 Å². The molecule has 0 saturated heterocycles. The van der Waals surface area contributed by atoms with Crippen molar-refractivity contribution in [3.63, 3.8) is 0 Å². The number of benzene rings is 2. The van der Waals surface area contributed by atoms with Crippen LogP contribution in [0.25, 0.3) is 0 Å². The molecule has 0 saturated carbocycles. The molecule has 0 atom stereocenters. The maximum atomic E-state index is 12.6. The highest BCUT2D eigenvalue weighted by molar-refractivity contribution is 5.93. The lowest BCUT2D eigenvalue weighted by molar-refractivity contribution is -0.132. The molecule has 0 unspecified atom stereocenters. The molecule has 2 N–H and O–H groups in total. The van der Waals surface area contributed by atoms with Crippen LogP contribution in [0.2, 0.25) is 0 Å². The Morgan fingerprint density at radius 3 is 2.60 bits per heavy atom. The molecule has 1 amide bonds. The van der Waals surface area contributed by atoms with Gasteiger partial charge in [-0.25, -0.2) is 0 Å². The number of hydrogen-bond acceptors (Lipinski definition) is 4. The SMILES string of the molecule is CN=C(NCCCC(=O)N1CCc2ccccc2C1)Nc1ccc(OC)c(OC)c1. The second-order valence-corrected chi connectivity index (χ2v) is 7.13. The standard InChI is InChI=1S/C23H30N4O3/c1-24-23(26-19-10-11-20(29-2)21(15-19)30-3)25-13-6-9-22(28)27-14-12-17-7-4-5-8-18(17)16-27/h4-5,7-8,10-11,15H,6,9,12-14,16H2,1-3H3,(H2,24,25,26). The van der Waals surface area contributed by atoms with Crippen molar-refractivity contribution in [1.82, 2.24) is 10.2 Å². The van der Waals surface area contributed by atoms with Gasteiger partial charge < -0.3 is 25.0 Å². The quantitative estimate of drug-likeness (QED) is 0.417. The van der Waals surface area contributed by atoms with E-state index in [0.29, 0.717) is 37.0 Å². The van der Waals surface area contributed by atoms with E-state index in [1.54, 1.807) is 21.3 Å². The normalized spacial score (nSPS) is 13.4. The maximum absolute atomic E-state index is 12.6. The Morgan fingerprint density at radius 1 is 1.10 bits per heavy atom. The van der Waals surface area contributed by atoms with Crippen molar-refractivity contribution in [1.29, 1.82) is 0 Å². The molecule has 2 aromatic rings. The summed E-state index contributed by atoms with van der Waals surface area (Å²) in [5, 5.41) is 6.48. The zero-order chi connectivity index (χ0) is 21.3. The fourth-order valence-corrected chi connectivity index (χ4v) is 3.54. The first kappa shape index (κ1) is 21.5. The molecule has 1 aliphatic heterocycles.